The lowest BCUT2D eigenvalue weighted by atomic mass is 9.93. The van der Waals surface area contributed by atoms with E-state index >= 15 is 0 Å². The summed E-state index contributed by atoms with van der Waals surface area (Å²) in [5, 5.41) is 24.1. The Hall–Kier alpha value is -2.90. The zero-order chi connectivity index (χ0) is 16.4. The summed E-state index contributed by atoms with van der Waals surface area (Å²) in [7, 11) is 1.80. The quantitative estimate of drug-likeness (QED) is 0.807. The van der Waals surface area contributed by atoms with Gasteiger partial charge in [-0.1, -0.05) is 30.3 Å². The maximum absolute atomic E-state index is 10.6. The molecule has 0 radical (unpaired) electrons. The molecule has 0 fully saturated rings. The molecule has 4 nitrogen and oxygen atoms in total. The van der Waals surface area contributed by atoms with Crippen LogP contribution in [-0.4, -0.2) is 14.9 Å². The van der Waals surface area contributed by atoms with E-state index in [4.69, 9.17) is 0 Å². The van der Waals surface area contributed by atoms with Gasteiger partial charge in [-0.2, -0.15) is 10.4 Å². The Morgan fingerprint density at radius 3 is 2.57 bits per heavy atom. The highest BCUT2D eigenvalue weighted by atomic mass is 16.3. The van der Waals surface area contributed by atoms with Gasteiger partial charge in [0.05, 0.1) is 17.3 Å². The molecule has 0 saturated heterocycles. The summed E-state index contributed by atoms with van der Waals surface area (Å²) in [5.41, 5.74) is 4.99. The van der Waals surface area contributed by atoms with E-state index in [0.717, 1.165) is 22.3 Å². The predicted molar refractivity (Wildman–Crippen MR) is 88.6 cm³/mol. The number of nitrogens with zero attached hydrogens (tertiary/aromatic N) is 3. The normalized spacial score (nSPS) is 11.9. The van der Waals surface area contributed by atoms with Crippen molar-refractivity contribution in [2.75, 3.05) is 0 Å². The highest BCUT2D eigenvalue weighted by Crippen LogP contribution is 2.31. The number of nitriles is 1. The first-order valence-corrected chi connectivity index (χ1v) is 7.38. The molecule has 0 spiro atoms. The first-order valence-electron chi connectivity index (χ1n) is 7.38. The zero-order valence-electron chi connectivity index (χ0n) is 13.1. The molecule has 1 aromatic heterocycles. The molecule has 0 saturated carbocycles. The van der Waals surface area contributed by atoms with Crippen molar-refractivity contribution in [3.8, 4) is 17.2 Å². The number of rotatable bonds is 3. The number of hydrogen-bond donors (Lipinski definition) is 1. The van der Waals surface area contributed by atoms with Gasteiger partial charge in [0.25, 0.3) is 0 Å². The smallest absolute Gasteiger partial charge is 0.121 e. The highest BCUT2D eigenvalue weighted by molar-refractivity contribution is 5.74. The molecule has 0 amide bonds. The van der Waals surface area contributed by atoms with Crippen molar-refractivity contribution in [3.63, 3.8) is 0 Å². The van der Waals surface area contributed by atoms with Crippen molar-refractivity contribution in [1.82, 2.24) is 9.78 Å². The lowest BCUT2D eigenvalue weighted by molar-refractivity contribution is 0.210. The third-order valence-electron chi connectivity index (χ3n) is 4.05. The lowest BCUT2D eigenvalue weighted by Gasteiger charge is -2.15. The van der Waals surface area contributed by atoms with E-state index in [1.807, 2.05) is 37.3 Å². The van der Waals surface area contributed by atoms with Crippen molar-refractivity contribution in [2.45, 2.75) is 13.0 Å². The lowest BCUT2D eigenvalue weighted by Crippen LogP contribution is -2.07. The van der Waals surface area contributed by atoms with Gasteiger partial charge in [0, 0.05) is 18.8 Å². The van der Waals surface area contributed by atoms with E-state index in [9.17, 15) is 10.4 Å². The van der Waals surface area contributed by atoms with Gasteiger partial charge in [0.2, 0.25) is 0 Å². The third kappa shape index (κ3) is 2.75. The summed E-state index contributed by atoms with van der Waals surface area (Å²) in [4.78, 5) is 0. The van der Waals surface area contributed by atoms with Crippen molar-refractivity contribution in [3.05, 3.63) is 77.1 Å². The van der Waals surface area contributed by atoms with Crippen LogP contribution < -0.4 is 0 Å². The van der Waals surface area contributed by atoms with E-state index < -0.39 is 6.10 Å². The Balaban J connectivity index is 2.13. The van der Waals surface area contributed by atoms with Crippen LogP contribution in [0.2, 0.25) is 0 Å². The Bertz CT molecular complexity index is 890. The third-order valence-corrected chi connectivity index (χ3v) is 4.05. The molecule has 3 aromatic rings. The fourth-order valence-corrected chi connectivity index (χ4v) is 2.75. The largest absolute Gasteiger partial charge is 0.382 e. The van der Waals surface area contributed by atoms with Crippen LogP contribution in [0.15, 0.2) is 54.7 Å². The van der Waals surface area contributed by atoms with Gasteiger partial charge in [-0.15, -0.1) is 0 Å². The molecule has 1 atom stereocenters. The van der Waals surface area contributed by atoms with Crippen molar-refractivity contribution < 1.29 is 5.11 Å². The fourth-order valence-electron chi connectivity index (χ4n) is 2.75. The van der Waals surface area contributed by atoms with Gasteiger partial charge in [0.15, 0.2) is 0 Å². The van der Waals surface area contributed by atoms with E-state index in [0.29, 0.717) is 11.3 Å². The molecule has 2 aromatic carbocycles. The minimum atomic E-state index is -0.780. The van der Waals surface area contributed by atoms with Crippen LogP contribution in [0.3, 0.4) is 0 Å². The second-order valence-electron chi connectivity index (χ2n) is 5.51. The van der Waals surface area contributed by atoms with E-state index in [1.165, 1.54) is 0 Å². The first-order chi connectivity index (χ1) is 11.1. The molecule has 1 heterocycles. The first kappa shape index (κ1) is 15.0. The summed E-state index contributed by atoms with van der Waals surface area (Å²) >= 11 is 0. The number of aliphatic hydroxyl groups excluding tert-OH is 1. The summed E-state index contributed by atoms with van der Waals surface area (Å²) in [6.07, 6.45) is 0.878. The minimum Gasteiger partial charge on any atom is -0.382 e. The molecular formula is C19H17N3O. The number of aromatic nitrogens is 2. The SMILES string of the molecule is Cc1ccccc1-c1cc(C(O)c2ccnn2C)ccc1C#N. The predicted octanol–water partition coefficient (Wildman–Crippen LogP) is 3.35. The van der Waals surface area contributed by atoms with Gasteiger partial charge >= 0.3 is 0 Å². The fraction of sp³-hybridized carbons (Fsp3) is 0.158. The van der Waals surface area contributed by atoms with E-state index in [-0.39, 0.29) is 0 Å². The van der Waals surface area contributed by atoms with Gasteiger partial charge in [0.1, 0.15) is 6.10 Å². The molecule has 0 bridgehead atoms. The summed E-state index contributed by atoms with van der Waals surface area (Å²) in [6.45, 7) is 2.01. The topological polar surface area (TPSA) is 61.8 Å². The summed E-state index contributed by atoms with van der Waals surface area (Å²) < 4.78 is 1.65. The monoisotopic (exact) mass is 303 g/mol. The second kappa shape index (κ2) is 6.07. The maximum atomic E-state index is 10.6. The molecular weight excluding hydrogens is 286 g/mol. The highest BCUT2D eigenvalue weighted by Gasteiger charge is 2.17. The van der Waals surface area contributed by atoms with Crippen molar-refractivity contribution >= 4 is 0 Å². The number of aliphatic hydroxyl groups is 1. The Kier molecular flexibility index (Phi) is 3.96. The molecule has 3 rings (SSSR count). The molecule has 1 N–H and O–H groups in total. The van der Waals surface area contributed by atoms with E-state index in [2.05, 4.69) is 11.2 Å². The van der Waals surface area contributed by atoms with Crippen molar-refractivity contribution in [1.29, 1.82) is 5.26 Å². The average Bonchev–Trinajstić information content (AvgIpc) is 3.00. The van der Waals surface area contributed by atoms with Gasteiger partial charge < -0.3 is 5.11 Å². The molecule has 1 unspecified atom stereocenters. The average molecular weight is 303 g/mol. The number of hydrogen-bond acceptors (Lipinski definition) is 3. The maximum Gasteiger partial charge on any atom is 0.121 e. The Morgan fingerprint density at radius 1 is 1.13 bits per heavy atom. The second-order valence-corrected chi connectivity index (χ2v) is 5.51. The van der Waals surface area contributed by atoms with Crippen LogP contribution in [0.1, 0.15) is 28.5 Å². The van der Waals surface area contributed by atoms with Crippen molar-refractivity contribution in [2.24, 2.45) is 7.05 Å². The van der Waals surface area contributed by atoms with E-state index in [1.54, 1.807) is 36.1 Å². The molecule has 114 valence electrons. The van der Waals surface area contributed by atoms with Crippen LogP contribution in [0.5, 0.6) is 0 Å². The zero-order valence-corrected chi connectivity index (χ0v) is 13.1. The molecule has 0 aliphatic rings. The van der Waals surface area contributed by atoms with Crippen LogP contribution >= 0.6 is 0 Å². The Morgan fingerprint density at radius 2 is 1.91 bits per heavy atom. The molecule has 4 heteroatoms. The molecule has 0 aliphatic carbocycles. The summed E-state index contributed by atoms with van der Waals surface area (Å²) in [5.74, 6) is 0. The van der Waals surface area contributed by atoms with Gasteiger partial charge in [-0.25, -0.2) is 0 Å². The number of benzene rings is 2. The van der Waals surface area contributed by atoms with Gasteiger partial charge in [-0.05, 0) is 41.8 Å². The molecule has 23 heavy (non-hydrogen) atoms. The van der Waals surface area contributed by atoms with Crippen LogP contribution in [-0.2, 0) is 7.05 Å². The molecule has 0 aliphatic heterocycles. The minimum absolute atomic E-state index is 0.597. The van der Waals surface area contributed by atoms with Crippen LogP contribution in [0, 0.1) is 18.3 Å². The van der Waals surface area contributed by atoms with Gasteiger partial charge in [-0.3, -0.25) is 4.68 Å². The van der Waals surface area contributed by atoms with Crippen LogP contribution in [0.4, 0.5) is 0 Å². The summed E-state index contributed by atoms with van der Waals surface area (Å²) in [6, 6.07) is 17.4. The number of aryl methyl sites for hydroxylation is 2. The standard InChI is InChI=1S/C19H17N3O/c1-13-5-3-4-6-16(13)17-11-14(7-8-15(17)12-20)19(23)18-9-10-21-22(18)2/h3-11,19,23H,1-2H3. The van der Waals surface area contributed by atoms with Crippen LogP contribution in [0.25, 0.3) is 11.1 Å². The Labute approximate surface area is 135 Å².